The summed E-state index contributed by atoms with van der Waals surface area (Å²) in [5.41, 5.74) is 1.55. The number of hydrogen-bond acceptors (Lipinski definition) is 4. The van der Waals surface area contributed by atoms with Crippen LogP contribution in [0.15, 0.2) is 42.5 Å². The lowest BCUT2D eigenvalue weighted by atomic mass is 10.0. The number of nitrogens with one attached hydrogen (secondary N) is 3. The van der Waals surface area contributed by atoms with Crippen LogP contribution >= 0.6 is 11.6 Å². The first kappa shape index (κ1) is 23.3. The molecule has 162 valence electrons. The van der Waals surface area contributed by atoms with Crippen molar-refractivity contribution in [3.63, 3.8) is 0 Å². The van der Waals surface area contributed by atoms with Crippen molar-refractivity contribution < 1.29 is 19.1 Å². The number of halogens is 1. The van der Waals surface area contributed by atoms with Crippen molar-refractivity contribution in [1.29, 1.82) is 0 Å². The number of rotatable bonds is 9. The van der Waals surface area contributed by atoms with E-state index in [1.54, 1.807) is 38.5 Å². The summed E-state index contributed by atoms with van der Waals surface area (Å²) in [7, 11) is 3.16. The van der Waals surface area contributed by atoms with E-state index in [0.29, 0.717) is 35.2 Å². The van der Waals surface area contributed by atoms with Crippen LogP contribution in [-0.2, 0) is 11.2 Å². The third kappa shape index (κ3) is 6.84. The Hall–Kier alpha value is -2.93. The van der Waals surface area contributed by atoms with Gasteiger partial charge in [0.1, 0.15) is 6.04 Å². The van der Waals surface area contributed by atoms with Crippen molar-refractivity contribution in [3.05, 3.63) is 53.1 Å². The van der Waals surface area contributed by atoms with E-state index >= 15 is 0 Å². The molecular formula is C22H28ClN3O4. The molecule has 2 aromatic carbocycles. The molecular weight excluding hydrogens is 406 g/mol. The molecule has 1 atom stereocenters. The summed E-state index contributed by atoms with van der Waals surface area (Å²) in [6.45, 7) is 4.17. The third-order valence-corrected chi connectivity index (χ3v) is 4.71. The van der Waals surface area contributed by atoms with Gasteiger partial charge in [-0.15, -0.1) is 0 Å². The number of hydrogen-bond donors (Lipinski definition) is 3. The molecule has 8 heteroatoms. The molecule has 0 radical (unpaired) electrons. The SMILES string of the molecule is COc1ccc(CCNC(=O)C(NC(=O)Nc2cccc(Cl)c2)C(C)C)cc1OC. The number of amides is 3. The van der Waals surface area contributed by atoms with E-state index < -0.39 is 12.1 Å². The zero-order valence-corrected chi connectivity index (χ0v) is 18.4. The van der Waals surface area contributed by atoms with Gasteiger partial charge < -0.3 is 25.4 Å². The number of carbonyl (C=O) groups is 2. The number of carbonyl (C=O) groups excluding carboxylic acids is 2. The first-order chi connectivity index (χ1) is 14.3. The predicted molar refractivity (Wildman–Crippen MR) is 118 cm³/mol. The van der Waals surface area contributed by atoms with Gasteiger partial charge in [-0.25, -0.2) is 4.79 Å². The summed E-state index contributed by atoms with van der Waals surface area (Å²) in [5.74, 6) is 0.962. The van der Waals surface area contributed by atoms with Crippen LogP contribution in [-0.4, -0.2) is 38.7 Å². The maximum atomic E-state index is 12.6. The minimum Gasteiger partial charge on any atom is -0.493 e. The molecule has 1 unspecified atom stereocenters. The topological polar surface area (TPSA) is 88.7 Å². The summed E-state index contributed by atoms with van der Waals surface area (Å²) < 4.78 is 10.5. The molecule has 0 aliphatic carbocycles. The second-order valence-corrected chi connectivity index (χ2v) is 7.50. The molecule has 0 saturated heterocycles. The number of benzene rings is 2. The largest absolute Gasteiger partial charge is 0.493 e. The van der Waals surface area contributed by atoms with Gasteiger partial charge in [0.05, 0.1) is 14.2 Å². The highest BCUT2D eigenvalue weighted by Crippen LogP contribution is 2.27. The van der Waals surface area contributed by atoms with E-state index in [4.69, 9.17) is 21.1 Å². The zero-order valence-electron chi connectivity index (χ0n) is 17.6. The van der Waals surface area contributed by atoms with E-state index in [2.05, 4.69) is 16.0 Å². The average molecular weight is 434 g/mol. The number of anilines is 1. The molecule has 0 heterocycles. The Morgan fingerprint density at radius 3 is 2.40 bits per heavy atom. The zero-order chi connectivity index (χ0) is 22.1. The Kier molecular flexibility index (Phi) is 8.80. The molecule has 7 nitrogen and oxygen atoms in total. The second-order valence-electron chi connectivity index (χ2n) is 7.06. The molecule has 2 aromatic rings. The van der Waals surface area contributed by atoms with Gasteiger partial charge in [0.2, 0.25) is 5.91 Å². The maximum absolute atomic E-state index is 12.6. The van der Waals surface area contributed by atoms with Crippen LogP contribution < -0.4 is 25.4 Å². The van der Waals surface area contributed by atoms with Crippen molar-refractivity contribution >= 4 is 29.2 Å². The maximum Gasteiger partial charge on any atom is 0.319 e. The third-order valence-electron chi connectivity index (χ3n) is 4.48. The Labute approximate surface area is 182 Å². The predicted octanol–water partition coefficient (Wildman–Crippen LogP) is 3.86. The fourth-order valence-electron chi connectivity index (χ4n) is 2.89. The van der Waals surface area contributed by atoms with E-state index in [1.165, 1.54) is 0 Å². The molecule has 2 rings (SSSR count). The lowest BCUT2D eigenvalue weighted by Gasteiger charge is -2.22. The molecule has 0 fully saturated rings. The normalized spacial score (nSPS) is 11.5. The highest BCUT2D eigenvalue weighted by Gasteiger charge is 2.24. The molecule has 0 aliphatic rings. The highest BCUT2D eigenvalue weighted by atomic mass is 35.5. The van der Waals surface area contributed by atoms with Crippen molar-refractivity contribution in [2.45, 2.75) is 26.3 Å². The van der Waals surface area contributed by atoms with Crippen LogP contribution in [0.2, 0.25) is 5.02 Å². The van der Waals surface area contributed by atoms with Gasteiger partial charge in [-0.2, -0.15) is 0 Å². The van der Waals surface area contributed by atoms with Gasteiger partial charge in [0.15, 0.2) is 11.5 Å². The molecule has 0 saturated carbocycles. The Morgan fingerprint density at radius 1 is 1.03 bits per heavy atom. The molecule has 30 heavy (non-hydrogen) atoms. The first-order valence-electron chi connectivity index (χ1n) is 9.65. The minimum absolute atomic E-state index is 0.0869. The minimum atomic E-state index is -0.672. The standard InChI is InChI=1S/C22H28ClN3O4/c1-14(2)20(26-22(28)25-17-7-5-6-16(23)13-17)21(27)24-11-10-15-8-9-18(29-3)19(12-15)30-4/h5-9,12-14,20H,10-11H2,1-4H3,(H,24,27)(H2,25,26,28). The fraction of sp³-hybridized carbons (Fsp3) is 0.364. The van der Waals surface area contributed by atoms with Gasteiger partial charge in [-0.3, -0.25) is 4.79 Å². The van der Waals surface area contributed by atoms with Gasteiger partial charge in [-0.1, -0.05) is 37.6 Å². The average Bonchev–Trinajstić information content (AvgIpc) is 2.71. The van der Waals surface area contributed by atoms with Gasteiger partial charge in [0, 0.05) is 17.3 Å². The van der Waals surface area contributed by atoms with Crippen molar-refractivity contribution in [1.82, 2.24) is 10.6 Å². The van der Waals surface area contributed by atoms with E-state index in [0.717, 1.165) is 5.56 Å². The van der Waals surface area contributed by atoms with Gasteiger partial charge >= 0.3 is 6.03 Å². The van der Waals surface area contributed by atoms with Gasteiger partial charge in [-0.05, 0) is 48.2 Å². The summed E-state index contributed by atoms with van der Waals surface area (Å²) in [6.07, 6.45) is 0.617. The van der Waals surface area contributed by atoms with Crippen molar-refractivity contribution in [2.75, 3.05) is 26.1 Å². The lowest BCUT2D eigenvalue weighted by molar-refractivity contribution is -0.123. The molecule has 3 N–H and O–H groups in total. The summed E-state index contributed by atoms with van der Waals surface area (Å²) in [4.78, 5) is 24.9. The first-order valence-corrected chi connectivity index (χ1v) is 10.0. The van der Waals surface area contributed by atoms with Crippen molar-refractivity contribution in [2.24, 2.45) is 5.92 Å². The van der Waals surface area contributed by atoms with E-state index in [-0.39, 0.29) is 11.8 Å². The van der Waals surface area contributed by atoms with Crippen LogP contribution in [0.5, 0.6) is 11.5 Å². The van der Waals surface area contributed by atoms with Crippen LogP contribution in [0.4, 0.5) is 10.5 Å². The van der Waals surface area contributed by atoms with Crippen molar-refractivity contribution in [3.8, 4) is 11.5 Å². The van der Waals surface area contributed by atoms with Crippen LogP contribution in [0.3, 0.4) is 0 Å². The lowest BCUT2D eigenvalue weighted by Crippen LogP contribution is -2.51. The summed E-state index contributed by atoms with van der Waals surface area (Å²) in [6, 6.07) is 11.3. The van der Waals surface area contributed by atoms with Crippen LogP contribution in [0.25, 0.3) is 0 Å². The summed E-state index contributed by atoms with van der Waals surface area (Å²) in [5, 5.41) is 8.81. The fourth-order valence-corrected chi connectivity index (χ4v) is 3.08. The Bertz CT molecular complexity index is 873. The quantitative estimate of drug-likeness (QED) is 0.560. The summed E-state index contributed by atoms with van der Waals surface area (Å²) >= 11 is 5.93. The van der Waals surface area contributed by atoms with E-state index in [1.807, 2.05) is 32.0 Å². The molecule has 0 aromatic heterocycles. The van der Waals surface area contributed by atoms with Crippen LogP contribution in [0, 0.1) is 5.92 Å². The molecule has 0 aliphatic heterocycles. The molecule has 3 amide bonds. The Morgan fingerprint density at radius 2 is 1.77 bits per heavy atom. The smallest absolute Gasteiger partial charge is 0.319 e. The number of urea groups is 1. The van der Waals surface area contributed by atoms with Gasteiger partial charge in [0.25, 0.3) is 0 Å². The molecule has 0 bridgehead atoms. The highest BCUT2D eigenvalue weighted by molar-refractivity contribution is 6.30. The Balaban J connectivity index is 1.90. The monoisotopic (exact) mass is 433 g/mol. The van der Waals surface area contributed by atoms with E-state index in [9.17, 15) is 9.59 Å². The number of methoxy groups -OCH3 is 2. The second kappa shape index (κ2) is 11.3. The number of ether oxygens (including phenoxy) is 2. The molecule has 0 spiro atoms. The van der Waals surface area contributed by atoms with Crippen LogP contribution in [0.1, 0.15) is 19.4 Å².